The van der Waals surface area contributed by atoms with E-state index < -0.39 is 28.3 Å². The number of aromatic amines is 1. The van der Waals surface area contributed by atoms with E-state index in [0.717, 1.165) is 11.6 Å². The number of H-pyrrole nitrogens is 1. The van der Waals surface area contributed by atoms with E-state index in [4.69, 9.17) is 0 Å². The number of nitrogens with zero attached hydrogens (tertiary/aromatic N) is 2. The lowest BCUT2D eigenvalue weighted by molar-refractivity contribution is -0.385. The summed E-state index contributed by atoms with van der Waals surface area (Å²) in [6.07, 6.45) is -4.80. The number of hydrogen-bond donors (Lipinski definition) is 1. The summed E-state index contributed by atoms with van der Waals surface area (Å²) in [6.45, 7) is 2.36. The number of hydrogen-bond acceptors (Lipinski definition) is 3. The average Bonchev–Trinajstić information content (AvgIpc) is 3.21. The number of benzene rings is 2. The van der Waals surface area contributed by atoms with E-state index >= 15 is 0 Å². The second kappa shape index (κ2) is 6.08. The molecule has 144 valence electrons. The Bertz CT molecular complexity index is 1120. The van der Waals surface area contributed by atoms with Gasteiger partial charge >= 0.3 is 6.18 Å². The quantitative estimate of drug-likeness (QED) is 0.502. The molecule has 1 aromatic heterocycles. The molecular formula is C19H14F3N3O3. The summed E-state index contributed by atoms with van der Waals surface area (Å²) in [5.41, 5.74) is -0.560. The second-order valence-corrected chi connectivity index (χ2v) is 6.77. The summed E-state index contributed by atoms with van der Waals surface area (Å²) >= 11 is 0. The van der Waals surface area contributed by atoms with E-state index in [-0.39, 0.29) is 22.5 Å². The highest BCUT2D eigenvalue weighted by atomic mass is 19.4. The van der Waals surface area contributed by atoms with Crippen molar-refractivity contribution in [1.29, 1.82) is 0 Å². The number of carbonyl (C=O) groups is 1. The molecule has 0 fully saturated rings. The van der Waals surface area contributed by atoms with Crippen molar-refractivity contribution >= 4 is 28.2 Å². The standard InChI is InChI=1S/C19H14F3N3O3/c1-10-9-24(16-5-3-2-4-13(10)16)18(26)15-7-11-6-12(25(27)28)8-14(17(11)23-15)19(20,21)22/h2-8,10,23H,9H2,1H3. The number of nitro groups is 1. The molecule has 6 nitrogen and oxygen atoms in total. The van der Waals surface area contributed by atoms with Crippen LogP contribution in [0, 0.1) is 10.1 Å². The van der Waals surface area contributed by atoms with Gasteiger partial charge in [0.05, 0.1) is 16.0 Å². The van der Waals surface area contributed by atoms with Gasteiger partial charge in [0.2, 0.25) is 0 Å². The summed E-state index contributed by atoms with van der Waals surface area (Å²) in [7, 11) is 0. The van der Waals surface area contributed by atoms with Crippen molar-refractivity contribution in [2.45, 2.75) is 19.0 Å². The number of halogens is 3. The maximum absolute atomic E-state index is 13.4. The van der Waals surface area contributed by atoms with Crippen molar-refractivity contribution in [2.24, 2.45) is 0 Å². The molecule has 2 heterocycles. The Balaban J connectivity index is 1.82. The minimum Gasteiger partial charge on any atom is -0.350 e. The van der Waals surface area contributed by atoms with Gasteiger partial charge in [-0.2, -0.15) is 13.2 Å². The molecule has 9 heteroatoms. The zero-order chi connectivity index (χ0) is 20.2. The second-order valence-electron chi connectivity index (χ2n) is 6.77. The number of non-ortho nitro benzene ring substituents is 1. The van der Waals surface area contributed by atoms with E-state index in [0.29, 0.717) is 18.3 Å². The lowest BCUT2D eigenvalue weighted by Crippen LogP contribution is -2.29. The van der Waals surface area contributed by atoms with Gasteiger partial charge in [0.15, 0.2) is 0 Å². The molecule has 28 heavy (non-hydrogen) atoms. The van der Waals surface area contributed by atoms with Gasteiger partial charge in [-0.05, 0) is 17.7 Å². The van der Waals surface area contributed by atoms with Gasteiger partial charge in [0.1, 0.15) is 5.69 Å². The van der Waals surface area contributed by atoms with Gasteiger partial charge < -0.3 is 9.88 Å². The first kappa shape index (κ1) is 18.0. The number of fused-ring (bicyclic) bond motifs is 2. The lowest BCUT2D eigenvalue weighted by Gasteiger charge is -2.16. The van der Waals surface area contributed by atoms with Gasteiger partial charge in [-0.15, -0.1) is 0 Å². The number of nitrogens with one attached hydrogen (secondary N) is 1. The maximum Gasteiger partial charge on any atom is 0.418 e. The third kappa shape index (κ3) is 2.79. The molecule has 0 saturated heterocycles. The molecule has 0 bridgehead atoms. The first-order valence-electron chi connectivity index (χ1n) is 8.46. The van der Waals surface area contributed by atoms with Gasteiger partial charge in [-0.3, -0.25) is 14.9 Å². The molecule has 0 spiro atoms. The first-order valence-corrected chi connectivity index (χ1v) is 8.46. The molecule has 0 saturated carbocycles. The van der Waals surface area contributed by atoms with E-state index in [1.54, 1.807) is 12.1 Å². The van der Waals surface area contributed by atoms with Crippen LogP contribution in [-0.2, 0) is 6.18 Å². The lowest BCUT2D eigenvalue weighted by atomic mass is 10.0. The zero-order valence-electron chi connectivity index (χ0n) is 14.6. The van der Waals surface area contributed by atoms with Crippen molar-refractivity contribution in [3.8, 4) is 0 Å². The van der Waals surface area contributed by atoms with Crippen molar-refractivity contribution in [1.82, 2.24) is 4.98 Å². The molecular weight excluding hydrogens is 375 g/mol. The minimum atomic E-state index is -4.80. The highest BCUT2D eigenvalue weighted by Gasteiger charge is 2.36. The third-order valence-corrected chi connectivity index (χ3v) is 4.92. The number of rotatable bonds is 2. The summed E-state index contributed by atoms with van der Waals surface area (Å²) in [4.78, 5) is 27.1. The maximum atomic E-state index is 13.4. The van der Waals surface area contributed by atoms with Crippen LogP contribution >= 0.6 is 0 Å². The Morgan fingerprint density at radius 3 is 2.64 bits per heavy atom. The molecule has 2 aromatic carbocycles. The molecule has 0 aliphatic carbocycles. The average molecular weight is 389 g/mol. The fourth-order valence-electron chi connectivity index (χ4n) is 3.63. The topological polar surface area (TPSA) is 79.2 Å². The Morgan fingerprint density at radius 2 is 1.96 bits per heavy atom. The third-order valence-electron chi connectivity index (χ3n) is 4.92. The van der Waals surface area contributed by atoms with Crippen LogP contribution in [0.5, 0.6) is 0 Å². The van der Waals surface area contributed by atoms with E-state index in [1.165, 1.54) is 11.0 Å². The zero-order valence-corrected chi connectivity index (χ0v) is 14.6. The number of aromatic nitrogens is 1. The van der Waals surface area contributed by atoms with E-state index in [9.17, 15) is 28.1 Å². The highest BCUT2D eigenvalue weighted by Crippen LogP contribution is 2.39. The molecule has 1 unspecified atom stereocenters. The van der Waals surface area contributed by atoms with Gasteiger partial charge in [0, 0.05) is 35.7 Å². The monoisotopic (exact) mass is 389 g/mol. The van der Waals surface area contributed by atoms with Crippen LogP contribution < -0.4 is 4.90 Å². The van der Waals surface area contributed by atoms with E-state index in [1.807, 2.05) is 19.1 Å². The highest BCUT2D eigenvalue weighted by molar-refractivity contribution is 6.09. The fraction of sp³-hybridized carbons (Fsp3) is 0.211. The normalized spacial score (nSPS) is 16.4. The van der Waals surface area contributed by atoms with Crippen LogP contribution in [0.25, 0.3) is 10.9 Å². The van der Waals surface area contributed by atoms with Crippen molar-refractivity contribution in [3.63, 3.8) is 0 Å². The minimum absolute atomic E-state index is 0.0367. The number of carbonyl (C=O) groups excluding carboxylic acids is 1. The molecule has 0 radical (unpaired) electrons. The molecule has 3 aromatic rings. The van der Waals surface area contributed by atoms with Gasteiger partial charge in [0.25, 0.3) is 11.6 Å². The van der Waals surface area contributed by atoms with Crippen LogP contribution in [0.4, 0.5) is 24.5 Å². The van der Waals surface area contributed by atoms with Crippen molar-refractivity contribution in [3.05, 3.63) is 69.4 Å². The Labute approximate surface area is 156 Å². The molecule has 1 aliphatic heterocycles. The predicted octanol–water partition coefficient (Wildman–Crippen LogP) is 4.86. The Morgan fingerprint density at radius 1 is 1.25 bits per heavy atom. The number of alkyl halides is 3. The molecule has 1 aliphatic rings. The number of amides is 1. The summed E-state index contributed by atoms with van der Waals surface area (Å²) in [5.74, 6) is -0.389. The smallest absolute Gasteiger partial charge is 0.350 e. The summed E-state index contributed by atoms with van der Waals surface area (Å²) < 4.78 is 40.1. The Kier molecular flexibility index (Phi) is 3.91. The molecule has 1 atom stereocenters. The number of para-hydroxylation sites is 1. The fourth-order valence-corrected chi connectivity index (χ4v) is 3.63. The predicted molar refractivity (Wildman–Crippen MR) is 96.5 cm³/mol. The summed E-state index contributed by atoms with van der Waals surface area (Å²) in [6, 6.07) is 10.1. The number of nitro benzene ring substituents is 1. The van der Waals surface area contributed by atoms with Crippen LogP contribution in [0.2, 0.25) is 0 Å². The van der Waals surface area contributed by atoms with Crippen LogP contribution in [0.15, 0.2) is 42.5 Å². The van der Waals surface area contributed by atoms with Crippen molar-refractivity contribution in [2.75, 3.05) is 11.4 Å². The van der Waals surface area contributed by atoms with Crippen LogP contribution in [0.1, 0.15) is 34.5 Å². The molecule has 1 amide bonds. The van der Waals surface area contributed by atoms with Gasteiger partial charge in [-0.25, -0.2) is 0 Å². The Hall–Kier alpha value is -3.36. The number of anilines is 1. The van der Waals surface area contributed by atoms with E-state index in [2.05, 4.69) is 4.98 Å². The molecule has 1 N–H and O–H groups in total. The SMILES string of the molecule is CC1CN(C(=O)c2cc3cc([N+](=O)[O-])cc(C(F)(F)F)c3[nH]2)c2ccccc21. The van der Waals surface area contributed by atoms with Crippen LogP contribution in [-0.4, -0.2) is 22.4 Å². The largest absolute Gasteiger partial charge is 0.418 e. The summed E-state index contributed by atoms with van der Waals surface area (Å²) in [5, 5.41) is 11.0. The van der Waals surface area contributed by atoms with Crippen LogP contribution in [0.3, 0.4) is 0 Å². The van der Waals surface area contributed by atoms with Crippen molar-refractivity contribution < 1.29 is 22.9 Å². The molecule has 4 rings (SSSR count). The van der Waals surface area contributed by atoms with Gasteiger partial charge in [-0.1, -0.05) is 25.1 Å². The first-order chi connectivity index (χ1) is 13.2.